The Labute approximate surface area is 789 Å². The van der Waals surface area contributed by atoms with Gasteiger partial charge in [-0.05, 0) is 142 Å². The number of esters is 1. The molecule has 0 atom stereocenters. The van der Waals surface area contributed by atoms with E-state index < -0.39 is 15.6 Å². The minimum absolute atomic E-state index is 0. The van der Waals surface area contributed by atoms with Crippen LogP contribution in [0.1, 0.15) is 155 Å². The number of Topliss-reactive ketones (excluding diaryl/α,β-unsaturated/α-hetero) is 1. The molecule has 0 spiro atoms. The second-order valence-corrected chi connectivity index (χ2v) is 30.4. The van der Waals surface area contributed by atoms with Crippen LogP contribution in [0.5, 0.6) is 0 Å². The molecule has 40 nitrogen and oxygen atoms in total. The summed E-state index contributed by atoms with van der Waals surface area (Å²) < 4.78 is 54.6. The number of nitrogens with zero attached hydrogens (tertiary/aromatic N) is 14. The fourth-order valence-corrected chi connectivity index (χ4v) is 9.37. The van der Waals surface area contributed by atoms with E-state index in [-0.39, 0.29) is 130 Å². The molecular formula is C72H103ArCl7LiN20O20PS. The molecule has 0 aliphatic heterocycles. The van der Waals surface area contributed by atoms with Crippen LogP contribution in [-0.4, -0.2) is 149 Å². The number of pyridine rings is 3. The summed E-state index contributed by atoms with van der Waals surface area (Å²) in [6.45, 7) is 22.4. The molecule has 0 radical (unpaired) electrons. The first-order chi connectivity index (χ1) is 55.5. The number of fused-ring (bicyclic) bond motifs is 3. The molecule has 8 aromatic heterocycles. The summed E-state index contributed by atoms with van der Waals surface area (Å²) in [6, 6.07) is 16.2. The number of aryl methyl sites for hydroxylation is 10. The summed E-state index contributed by atoms with van der Waals surface area (Å²) in [6.07, 6.45) is 17.9. The molecule has 123 heavy (non-hydrogen) atoms. The van der Waals surface area contributed by atoms with Gasteiger partial charge in [0.1, 0.15) is 17.4 Å². The molecular weight excluding hydrogens is 1820 g/mol. The Morgan fingerprint density at radius 2 is 0.959 bits per heavy atom. The van der Waals surface area contributed by atoms with E-state index in [2.05, 4.69) is 150 Å². The van der Waals surface area contributed by atoms with Gasteiger partial charge in [0.15, 0.2) is 16.9 Å². The normalized spacial score (nSPS) is 9.11. The number of ketones is 1. The molecule has 0 saturated heterocycles. The van der Waals surface area contributed by atoms with Gasteiger partial charge in [-0.15, -0.1) is 0 Å². The Morgan fingerprint density at radius 1 is 0.602 bits per heavy atom. The quantitative estimate of drug-likeness (QED) is 0.00847. The van der Waals surface area contributed by atoms with Gasteiger partial charge in [0.2, 0.25) is 0 Å². The molecule has 1 amide bonds. The van der Waals surface area contributed by atoms with E-state index in [1.54, 1.807) is 108 Å². The monoisotopic (exact) mass is 1920 g/mol. The molecule has 9 aromatic rings. The Morgan fingerprint density at radius 3 is 1.24 bits per heavy atom. The summed E-state index contributed by atoms with van der Waals surface area (Å²) >= 11 is 38.3. The van der Waals surface area contributed by atoms with E-state index in [4.69, 9.17) is 128 Å². The van der Waals surface area contributed by atoms with Crippen molar-refractivity contribution < 1.29 is 151 Å². The Bertz CT molecular complexity index is 4760. The third-order valence-electron chi connectivity index (χ3n) is 13.6. The number of hydrogen-bond acceptors (Lipinski definition) is 32. The van der Waals surface area contributed by atoms with E-state index in [0.717, 1.165) is 128 Å². The molecule has 0 aliphatic carbocycles. The maximum absolute atomic E-state index is 12.5. The summed E-state index contributed by atoms with van der Waals surface area (Å²) in [5, 5.41) is 37.5. The zero-order valence-electron chi connectivity index (χ0n) is 70.0. The van der Waals surface area contributed by atoms with Crippen molar-refractivity contribution in [3.05, 3.63) is 145 Å². The average molecular weight is 1930 g/mol. The molecule has 0 saturated carbocycles. The number of amides is 1. The van der Waals surface area contributed by atoms with Crippen LogP contribution in [0, 0.1) is 49.1 Å². The van der Waals surface area contributed by atoms with Gasteiger partial charge in [-0.3, -0.25) is 57.9 Å². The minimum Gasteiger partial charge on any atom is -0.870 e. The van der Waals surface area contributed by atoms with E-state index in [9.17, 15) is 18.9 Å². The molecule has 13 N–H and O–H groups in total. The van der Waals surface area contributed by atoms with Gasteiger partial charge < -0.3 is 32.7 Å². The topological polar surface area (TPSA) is 628 Å². The van der Waals surface area contributed by atoms with Crippen LogP contribution in [0.4, 0.5) is 17.3 Å². The van der Waals surface area contributed by atoms with Crippen molar-refractivity contribution >= 4 is 195 Å². The van der Waals surface area contributed by atoms with Gasteiger partial charge in [0, 0.05) is 133 Å². The van der Waals surface area contributed by atoms with Crippen LogP contribution in [-0.2, 0) is 145 Å². The number of ether oxygens (including phenoxy) is 1. The zero-order chi connectivity index (χ0) is 92.4. The van der Waals surface area contributed by atoms with Crippen LogP contribution in [0.25, 0.3) is 33.1 Å². The minimum atomic E-state index is -4.67. The number of allylic oxidation sites excluding steroid dienone is 2. The van der Waals surface area contributed by atoms with Crippen molar-refractivity contribution in [3.8, 4) is 6.07 Å². The summed E-state index contributed by atoms with van der Waals surface area (Å²) in [5.74, 6) is 5.89. The number of nitrogens with one attached hydrogen (secondary N) is 3. The van der Waals surface area contributed by atoms with E-state index in [1.807, 2.05) is 59.7 Å². The molecule has 8 heterocycles. The van der Waals surface area contributed by atoms with Crippen molar-refractivity contribution in [1.82, 2.24) is 75.4 Å². The Hall–Kier alpha value is -8.59. The average Bonchev–Trinajstić information content (AvgIpc) is 1.64. The first kappa shape index (κ1) is 138. The fraction of sp³-hybridized carbons (Fsp3) is 0.403. The van der Waals surface area contributed by atoms with Crippen molar-refractivity contribution in [2.24, 2.45) is 41.1 Å². The number of hydrazine groups is 1. The van der Waals surface area contributed by atoms with Crippen LogP contribution in [0.3, 0.4) is 0 Å². The van der Waals surface area contributed by atoms with E-state index >= 15 is 0 Å². The number of nitriles is 1. The number of nitrogens with two attached hydrogens (primary N) is 2. The van der Waals surface area contributed by atoms with E-state index in [0.29, 0.717) is 46.4 Å². The number of aromatic nitrogens is 13. The number of carbonyl (C=O) groups excluding carboxylic acids is 13. The first-order valence-corrected chi connectivity index (χ1v) is 41.5. The molecule has 680 valence electrons. The number of anilines is 3. The summed E-state index contributed by atoms with van der Waals surface area (Å²) in [7, 11) is 6.36. The summed E-state index contributed by atoms with van der Waals surface area (Å²) in [5.41, 5.74) is 18.3. The number of carbonyl (C=O) groups is 3. The van der Waals surface area contributed by atoms with E-state index in [1.165, 1.54) is 11.8 Å². The second-order valence-electron chi connectivity index (χ2n) is 21.3. The van der Waals surface area contributed by atoms with Crippen molar-refractivity contribution in [2.45, 2.75) is 148 Å². The predicted octanol–water partition coefficient (Wildman–Crippen LogP) is 10.9. The molecule has 0 aliphatic rings. The molecule has 0 fully saturated rings. The SMILES string of the molecule is C.C/C=C(\CC)C(=O)OCC.CCC(=CNc1cc(CC)nn1C)CC.CCC(=O)CC#N.CCc1cc(N)n(C)n1.CCc1nn(C)c2ncc(C(=O)Nc3ccc(Cl)cc3)c(Cl)c12.CCc1nn(C)c2nccc(Cl)c12.CCc1nn(C)c2nccc(Cl)c12.CNN.N.O=C=O.O=C=O.O=C=O.O=C=O.O=C=O.O=P(Cl)(Cl)Cl.O=S(=O)(O)O.[Ar].[Li+].[OH-]. The maximum Gasteiger partial charge on any atom is 1.00 e. The largest absolute Gasteiger partial charge is 1.00 e. The number of hydrogen-bond donors (Lipinski definition) is 8. The third kappa shape index (κ3) is 63.1. The van der Waals surface area contributed by atoms with Gasteiger partial charge in [-0.2, -0.15) is 87.1 Å². The summed E-state index contributed by atoms with van der Waals surface area (Å²) in [4.78, 5) is 128. The number of benzene rings is 1. The van der Waals surface area contributed by atoms with Gasteiger partial charge in [-0.25, -0.2) is 19.7 Å². The van der Waals surface area contributed by atoms with Crippen LogP contribution in [0.15, 0.2) is 90.5 Å². The number of halogens is 7. The van der Waals surface area contributed by atoms with Crippen molar-refractivity contribution in [2.75, 3.05) is 30.0 Å². The van der Waals surface area contributed by atoms with Crippen LogP contribution < -0.4 is 52.6 Å². The maximum atomic E-state index is 12.5. The molecule has 51 heteroatoms. The number of rotatable bonds is 16. The molecule has 1 aromatic carbocycles. The smallest absolute Gasteiger partial charge is 0.870 e. The van der Waals surface area contributed by atoms with Gasteiger partial charge >= 0.3 is 71.2 Å². The predicted molar refractivity (Wildman–Crippen MR) is 457 cm³/mol. The number of nitrogen functional groups attached to an aromatic ring is 1. The van der Waals surface area contributed by atoms with Crippen LogP contribution in [0.2, 0.25) is 20.1 Å². The Balaban J connectivity index is -0.000000127. The molecule has 0 unspecified atom stereocenters. The zero-order valence-corrected chi connectivity index (χ0v) is 77.8. The van der Waals surface area contributed by atoms with Gasteiger partial charge in [0.25, 0.3) is 5.91 Å². The standard InChI is InChI=1S/C16H14Cl2N4O.C12H21N3.2C9H10ClN3.C8H14O2.C6H11N3.C5H7NO.CH6N2.5CO2.CH4.Ar.Cl3OP.Li.H3N.H2O4S.H2O/c1-3-12-13-14(18)11(8-19-15(13)22(2)21-12)16(23)20-10-6-4-9(17)5-7-10;1-5-10(6-2)9-13-12-8-11(7-3)14-15(12)4;2*1-3-7-8-6(10)4-5-11-9(8)13(2)12-7;1-4-7(5-2)8(9)10-6-3;1-3-5-4-6(7)9(2)8-5;1-2-5(7)3-4-6;1-3-2;5*2-1-3;;;1-5(2,3)4;;;1-5(2,3)4;/h4-8H,3H2,1-2H3,(H,20,23);8-9,13H,5-7H2,1-4H3;2*4-5H,3H2,1-2H3;4H,5-6H2,1-3H3;4H,3,7H2,1-2H3;2-3H2,1H3;3H,2H2,1H3;;;;;;1H4;;;;1H3;(H2,1,2,3,4);1H2/q;;;;;;;;;;;;;;;;+1;;;/p-1/b;;;;7-4+;;;;;;;;;;;;;;;. The van der Waals surface area contributed by atoms with Gasteiger partial charge in [0.05, 0.1) is 84.4 Å². The first-order valence-electron chi connectivity index (χ1n) is 34.2. The van der Waals surface area contributed by atoms with Gasteiger partial charge in [-0.1, -0.05) is 128 Å². The van der Waals surface area contributed by atoms with Crippen molar-refractivity contribution in [1.29, 1.82) is 5.26 Å². The molecule has 9 rings (SSSR count). The molecule has 0 bridgehead atoms. The van der Waals surface area contributed by atoms with Crippen LogP contribution >= 0.6 is 85.3 Å². The fourth-order valence-electron chi connectivity index (χ4n) is 8.41. The Kier molecular flexibility index (Phi) is 91.4. The second kappa shape index (κ2) is 81.7. The van der Waals surface area contributed by atoms with Crippen molar-refractivity contribution in [3.63, 3.8) is 0 Å². The third-order valence-corrected chi connectivity index (χ3v) is 14.9.